The van der Waals surface area contributed by atoms with E-state index in [1.54, 1.807) is 7.11 Å². The van der Waals surface area contributed by atoms with Crippen LogP contribution in [0, 0.1) is 11.8 Å². The number of anilines is 1. The van der Waals surface area contributed by atoms with Crippen molar-refractivity contribution >= 4 is 38.6 Å². The zero-order valence-electron chi connectivity index (χ0n) is 12.7. The SMILES string of the molecule is COc1ccc2nc(NC(=O)[C@H]3CCCC[C@H]3C(=O)O)sc2c1. The van der Waals surface area contributed by atoms with Gasteiger partial charge in [0.2, 0.25) is 5.91 Å². The van der Waals surface area contributed by atoms with Gasteiger partial charge in [-0.1, -0.05) is 24.2 Å². The molecule has 2 N–H and O–H groups in total. The molecule has 7 heteroatoms. The van der Waals surface area contributed by atoms with E-state index in [9.17, 15) is 14.7 Å². The van der Waals surface area contributed by atoms with Crippen LogP contribution in [-0.2, 0) is 9.59 Å². The lowest BCUT2D eigenvalue weighted by Gasteiger charge is -2.26. The van der Waals surface area contributed by atoms with Crippen LogP contribution < -0.4 is 10.1 Å². The van der Waals surface area contributed by atoms with Crippen molar-refractivity contribution in [3.8, 4) is 5.75 Å². The van der Waals surface area contributed by atoms with Crippen molar-refractivity contribution in [1.29, 1.82) is 0 Å². The number of methoxy groups -OCH3 is 1. The topological polar surface area (TPSA) is 88.5 Å². The predicted molar refractivity (Wildman–Crippen MR) is 87.9 cm³/mol. The van der Waals surface area contributed by atoms with Gasteiger partial charge in [-0.15, -0.1) is 0 Å². The number of carboxylic acids is 1. The van der Waals surface area contributed by atoms with Crippen molar-refractivity contribution in [3.63, 3.8) is 0 Å². The molecule has 3 rings (SSSR count). The molecule has 2 atom stereocenters. The first-order chi connectivity index (χ1) is 11.1. The van der Waals surface area contributed by atoms with Crippen LogP contribution in [0.5, 0.6) is 5.75 Å². The molecule has 0 aliphatic heterocycles. The molecule has 1 saturated carbocycles. The summed E-state index contributed by atoms with van der Waals surface area (Å²) in [5, 5.41) is 12.6. The number of fused-ring (bicyclic) bond motifs is 1. The second-order valence-electron chi connectivity index (χ2n) is 5.68. The number of aliphatic carboxylic acids is 1. The van der Waals surface area contributed by atoms with Gasteiger partial charge >= 0.3 is 5.97 Å². The minimum Gasteiger partial charge on any atom is -0.497 e. The molecule has 1 aromatic heterocycles. The highest BCUT2D eigenvalue weighted by Gasteiger charge is 2.35. The third kappa shape index (κ3) is 3.29. The number of aromatic nitrogens is 1. The summed E-state index contributed by atoms with van der Waals surface area (Å²) in [6.45, 7) is 0. The van der Waals surface area contributed by atoms with E-state index in [1.165, 1.54) is 11.3 Å². The Labute approximate surface area is 137 Å². The van der Waals surface area contributed by atoms with Gasteiger partial charge in [0, 0.05) is 0 Å². The highest BCUT2D eigenvalue weighted by Crippen LogP contribution is 2.33. The minimum absolute atomic E-state index is 0.247. The molecular weight excluding hydrogens is 316 g/mol. The second kappa shape index (κ2) is 6.54. The molecule has 0 spiro atoms. The van der Waals surface area contributed by atoms with Crippen LogP contribution in [0.2, 0.25) is 0 Å². The molecule has 2 aromatic rings. The fourth-order valence-electron chi connectivity index (χ4n) is 3.02. The van der Waals surface area contributed by atoms with Crippen LogP contribution >= 0.6 is 11.3 Å². The number of nitrogens with one attached hydrogen (secondary N) is 1. The number of thiazole rings is 1. The first-order valence-corrected chi connectivity index (χ1v) is 8.38. The maximum absolute atomic E-state index is 12.4. The minimum atomic E-state index is -0.890. The summed E-state index contributed by atoms with van der Waals surface area (Å²) in [6, 6.07) is 5.51. The molecule has 122 valence electrons. The first kappa shape index (κ1) is 15.7. The van der Waals surface area contributed by atoms with Crippen LogP contribution in [0.25, 0.3) is 10.2 Å². The summed E-state index contributed by atoms with van der Waals surface area (Å²) in [7, 11) is 1.60. The van der Waals surface area contributed by atoms with Gasteiger partial charge in [-0.2, -0.15) is 0 Å². The van der Waals surface area contributed by atoms with Gasteiger partial charge in [-0.05, 0) is 31.0 Å². The Bertz CT molecular complexity index is 743. The molecular formula is C16H18N2O4S. The zero-order valence-corrected chi connectivity index (χ0v) is 13.6. The average molecular weight is 334 g/mol. The van der Waals surface area contributed by atoms with Crippen molar-refractivity contribution in [2.45, 2.75) is 25.7 Å². The number of rotatable bonds is 4. The monoisotopic (exact) mass is 334 g/mol. The van der Waals surface area contributed by atoms with E-state index in [2.05, 4.69) is 10.3 Å². The Kier molecular flexibility index (Phi) is 4.47. The van der Waals surface area contributed by atoms with E-state index >= 15 is 0 Å². The van der Waals surface area contributed by atoms with E-state index in [1.807, 2.05) is 18.2 Å². The fourth-order valence-corrected chi connectivity index (χ4v) is 3.92. The Morgan fingerprint density at radius 3 is 2.74 bits per heavy atom. The van der Waals surface area contributed by atoms with Crippen LogP contribution in [0.15, 0.2) is 18.2 Å². The smallest absolute Gasteiger partial charge is 0.307 e. The molecule has 0 unspecified atom stereocenters. The van der Waals surface area contributed by atoms with Gasteiger partial charge in [0.1, 0.15) is 5.75 Å². The van der Waals surface area contributed by atoms with Crippen molar-refractivity contribution in [1.82, 2.24) is 4.98 Å². The molecule has 1 fully saturated rings. The molecule has 1 heterocycles. The molecule has 1 aliphatic carbocycles. The van der Waals surface area contributed by atoms with E-state index < -0.39 is 17.8 Å². The maximum atomic E-state index is 12.4. The second-order valence-corrected chi connectivity index (χ2v) is 6.71. The van der Waals surface area contributed by atoms with Crippen LogP contribution in [0.3, 0.4) is 0 Å². The Balaban J connectivity index is 1.77. The summed E-state index contributed by atoms with van der Waals surface area (Å²) in [5.41, 5.74) is 0.782. The summed E-state index contributed by atoms with van der Waals surface area (Å²) in [4.78, 5) is 28.2. The van der Waals surface area contributed by atoms with E-state index in [-0.39, 0.29) is 5.91 Å². The molecule has 23 heavy (non-hydrogen) atoms. The zero-order chi connectivity index (χ0) is 16.4. The molecule has 1 aromatic carbocycles. The molecule has 0 radical (unpaired) electrons. The Hall–Kier alpha value is -2.15. The van der Waals surface area contributed by atoms with Gasteiger partial charge < -0.3 is 15.2 Å². The van der Waals surface area contributed by atoms with Crippen molar-refractivity contribution in [3.05, 3.63) is 18.2 Å². The standard InChI is InChI=1S/C16H18N2O4S/c1-22-9-6-7-12-13(8-9)23-16(17-12)18-14(19)10-4-2-3-5-11(10)15(20)21/h6-8,10-11H,2-5H2,1H3,(H,20,21)(H,17,18,19)/t10-,11+/m0/s1. The number of hydrogen-bond donors (Lipinski definition) is 2. The number of hydrogen-bond acceptors (Lipinski definition) is 5. The van der Waals surface area contributed by atoms with Gasteiger partial charge in [-0.25, -0.2) is 4.98 Å². The van der Waals surface area contributed by atoms with Gasteiger partial charge in [0.15, 0.2) is 5.13 Å². The lowest BCUT2D eigenvalue weighted by atomic mass is 9.79. The third-order valence-electron chi connectivity index (χ3n) is 4.25. The number of carboxylic acid groups (broad SMARTS) is 1. The number of nitrogens with zero attached hydrogens (tertiary/aromatic N) is 1. The van der Waals surface area contributed by atoms with E-state index in [4.69, 9.17) is 4.74 Å². The summed E-state index contributed by atoms with van der Waals surface area (Å²) in [5.74, 6) is -1.49. The Morgan fingerprint density at radius 2 is 2.04 bits per heavy atom. The largest absolute Gasteiger partial charge is 0.497 e. The molecule has 0 bridgehead atoms. The molecule has 1 aliphatic rings. The fraction of sp³-hybridized carbons (Fsp3) is 0.438. The quantitative estimate of drug-likeness (QED) is 0.897. The number of ether oxygens (including phenoxy) is 1. The number of benzene rings is 1. The highest BCUT2D eigenvalue weighted by molar-refractivity contribution is 7.22. The lowest BCUT2D eigenvalue weighted by Crippen LogP contribution is -2.36. The molecule has 6 nitrogen and oxygen atoms in total. The number of carbonyl (C=O) groups excluding carboxylic acids is 1. The average Bonchev–Trinajstić information content (AvgIpc) is 2.95. The van der Waals surface area contributed by atoms with Crippen LogP contribution in [0.4, 0.5) is 5.13 Å². The maximum Gasteiger partial charge on any atom is 0.307 e. The van der Waals surface area contributed by atoms with E-state index in [0.717, 1.165) is 28.8 Å². The van der Waals surface area contributed by atoms with Gasteiger partial charge in [-0.3, -0.25) is 9.59 Å². The number of amides is 1. The normalized spacial score (nSPS) is 21.1. The highest BCUT2D eigenvalue weighted by atomic mass is 32.1. The summed E-state index contributed by atoms with van der Waals surface area (Å²) < 4.78 is 6.09. The van der Waals surface area contributed by atoms with Gasteiger partial charge in [0.05, 0.1) is 29.2 Å². The van der Waals surface area contributed by atoms with Crippen LogP contribution in [-0.4, -0.2) is 29.1 Å². The third-order valence-corrected chi connectivity index (χ3v) is 5.18. The van der Waals surface area contributed by atoms with Crippen molar-refractivity contribution in [2.24, 2.45) is 11.8 Å². The van der Waals surface area contributed by atoms with Crippen LogP contribution in [0.1, 0.15) is 25.7 Å². The van der Waals surface area contributed by atoms with Crippen molar-refractivity contribution < 1.29 is 19.4 Å². The lowest BCUT2D eigenvalue weighted by molar-refractivity contribution is -0.147. The predicted octanol–water partition coefficient (Wildman–Crippen LogP) is 3.13. The van der Waals surface area contributed by atoms with Gasteiger partial charge in [0.25, 0.3) is 0 Å². The number of carbonyl (C=O) groups is 2. The molecule has 1 amide bonds. The van der Waals surface area contributed by atoms with Crippen molar-refractivity contribution in [2.75, 3.05) is 12.4 Å². The van der Waals surface area contributed by atoms with E-state index in [0.29, 0.717) is 18.0 Å². The summed E-state index contributed by atoms with van der Waals surface area (Å²) >= 11 is 1.36. The molecule has 0 saturated heterocycles. The Morgan fingerprint density at radius 1 is 1.30 bits per heavy atom. The summed E-state index contributed by atoms with van der Waals surface area (Å²) in [6.07, 6.45) is 2.92. The first-order valence-electron chi connectivity index (χ1n) is 7.56.